The predicted molar refractivity (Wildman–Crippen MR) is 101 cm³/mol. The Bertz CT molecular complexity index is 931. The lowest BCUT2D eigenvalue weighted by Crippen LogP contribution is -2.47. The fourth-order valence-electron chi connectivity index (χ4n) is 2.97. The Hall–Kier alpha value is -3.50. The second-order valence-corrected chi connectivity index (χ2v) is 6.22. The maximum Gasteiger partial charge on any atom is 0.324 e. The molecule has 1 aliphatic rings. The maximum absolute atomic E-state index is 5.13. The predicted octanol–water partition coefficient (Wildman–Crippen LogP) is 0.500. The second kappa shape index (κ2) is 7.62. The summed E-state index contributed by atoms with van der Waals surface area (Å²) >= 11 is 0. The van der Waals surface area contributed by atoms with E-state index in [1.54, 1.807) is 11.0 Å². The minimum Gasteiger partial charge on any atom is -0.467 e. The monoisotopic (exact) mass is 383 g/mol. The van der Waals surface area contributed by atoms with Crippen molar-refractivity contribution in [2.45, 2.75) is 6.92 Å². The first-order chi connectivity index (χ1) is 13.7. The molecule has 28 heavy (non-hydrogen) atoms. The van der Waals surface area contributed by atoms with Crippen LogP contribution in [0.25, 0.3) is 5.82 Å². The molecular weight excluding hydrogens is 362 g/mol. The van der Waals surface area contributed by atoms with E-state index in [1.807, 2.05) is 25.3 Å². The van der Waals surface area contributed by atoms with Gasteiger partial charge in [-0.2, -0.15) is 15.1 Å². The summed E-state index contributed by atoms with van der Waals surface area (Å²) in [6.07, 6.45) is 3.46. The van der Waals surface area contributed by atoms with Crippen molar-refractivity contribution in [3.63, 3.8) is 0 Å². The molecular formula is C17H21N9O2. The highest BCUT2D eigenvalue weighted by molar-refractivity contribution is 5.46. The molecule has 146 valence electrons. The smallest absolute Gasteiger partial charge is 0.324 e. The van der Waals surface area contributed by atoms with E-state index < -0.39 is 0 Å². The molecule has 4 heterocycles. The fourth-order valence-corrected chi connectivity index (χ4v) is 2.97. The summed E-state index contributed by atoms with van der Waals surface area (Å²) in [6.45, 7) is 4.95. The lowest BCUT2D eigenvalue weighted by atomic mass is 10.3. The topological polar surface area (TPSA) is 107 Å². The van der Waals surface area contributed by atoms with Gasteiger partial charge in [-0.25, -0.2) is 14.6 Å². The lowest BCUT2D eigenvalue weighted by molar-refractivity contribution is 0.339. The Morgan fingerprint density at radius 1 is 0.857 bits per heavy atom. The summed E-state index contributed by atoms with van der Waals surface area (Å²) < 4.78 is 12.0. The van der Waals surface area contributed by atoms with Gasteiger partial charge in [-0.1, -0.05) is 0 Å². The molecule has 0 aliphatic carbocycles. The van der Waals surface area contributed by atoms with Crippen LogP contribution < -0.4 is 19.3 Å². The maximum atomic E-state index is 5.13. The van der Waals surface area contributed by atoms with Crippen molar-refractivity contribution in [2.24, 2.45) is 0 Å². The first-order valence-corrected chi connectivity index (χ1v) is 8.85. The standard InChI is InChI=1S/C17H21N9O2/c1-12-4-5-26(23-12)14-10-13(18-11-19-14)24-6-8-25(9-7-24)15-20-16(27-2)22-17(21-15)28-3/h4-5,10-11H,6-9H2,1-3H3. The minimum atomic E-state index is 0.235. The van der Waals surface area contributed by atoms with Crippen molar-refractivity contribution >= 4 is 11.8 Å². The van der Waals surface area contributed by atoms with Crippen LogP contribution in [-0.4, -0.2) is 75.1 Å². The van der Waals surface area contributed by atoms with E-state index in [2.05, 4.69) is 39.8 Å². The third kappa shape index (κ3) is 3.63. The number of nitrogens with zero attached hydrogens (tertiary/aromatic N) is 9. The van der Waals surface area contributed by atoms with E-state index in [9.17, 15) is 0 Å². The summed E-state index contributed by atoms with van der Waals surface area (Å²) in [5.41, 5.74) is 0.942. The number of piperazine rings is 1. The van der Waals surface area contributed by atoms with Crippen molar-refractivity contribution in [1.29, 1.82) is 0 Å². The third-order valence-corrected chi connectivity index (χ3v) is 4.43. The SMILES string of the molecule is COc1nc(OC)nc(N2CCN(c3cc(-n4ccc(C)n4)ncn3)CC2)n1. The molecule has 3 aromatic heterocycles. The van der Waals surface area contributed by atoms with E-state index in [0.717, 1.165) is 43.5 Å². The Morgan fingerprint density at radius 2 is 1.50 bits per heavy atom. The fraction of sp³-hybridized carbons (Fsp3) is 0.412. The Labute approximate surface area is 162 Å². The molecule has 11 nitrogen and oxygen atoms in total. The summed E-state index contributed by atoms with van der Waals surface area (Å²) in [6, 6.07) is 4.35. The highest BCUT2D eigenvalue weighted by Gasteiger charge is 2.22. The molecule has 0 radical (unpaired) electrons. The molecule has 4 rings (SSSR count). The average molecular weight is 383 g/mol. The molecule has 0 bridgehead atoms. The number of rotatable bonds is 5. The molecule has 1 fully saturated rings. The highest BCUT2D eigenvalue weighted by atomic mass is 16.5. The quantitative estimate of drug-likeness (QED) is 0.618. The van der Waals surface area contributed by atoms with Gasteiger partial charge in [-0.15, -0.1) is 4.98 Å². The molecule has 0 spiro atoms. The molecule has 0 saturated carbocycles. The molecule has 0 amide bonds. The van der Waals surface area contributed by atoms with E-state index in [0.29, 0.717) is 5.95 Å². The van der Waals surface area contributed by atoms with Crippen molar-refractivity contribution in [3.05, 3.63) is 30.4 Å². The molecule has 1 saturated heterocycles. The number of anilines is 2. The number of methoxy groups -OCH3 is 2. The summed E-state index contributed by atoms with van der Waals surface area (Å²) in [7, 11) is 3.04. The van der Waals surface area contributed by atoms with Crippen LogP contribution in [0.3, 0.4) is 0 Å². The first kappa shape index (κ1) is 17.9. The average Bonchev–Trinajstić information content (AvgIpc) is 3.20. The van der Waals surface area contributed by atoms with Gasteiger partial charge in [-0.05, 0) is 13.0 Å². The number of hydrogen-bond donors (Lipinski definition) is 0. The zero-order chi connectivity index (χ0) is 19.5. The molecule has 11 heteroatoms. The summed E-state index contributed by atoms with van der Waals surface area (Å²) in [5.74, 6) is 2.15. The number of hydrogen-bond acceptors (Lipinski definition) is 10. The van der Waals surface area contributed by atoms with Crippen LogP contribution in [0.1, 0.15) is 5.69 Å². The van der Waals surface area contributed by atoms with E-state index in [1.165, 1.54) is 14.2 Å². The zero-order valence-corrected chi connectivity index (χ0v) is 16.0. The van der Waals surface area contributed by atoms with Crippen LogP contribution in [0.5, 0.6) is 12.0 Å². The van der Waals surface area contributed by atoms with Crippen LogP contribution in [0.15, 0.2) is 24.7 Å². The minimum absolute atomic E-state index is 0.235. The van der Waals surface area contributed by atoms with Gasteiger partial charge in [0.05, 0.1) is 19.9 Å². The van der Waals surface area contributed by atoms with Crippen molar-refractivity contribution < 1.29 is 9.47 Å². The molecule has 0 aromatic carbocycles. The van der Waals surface area contributed by atoms with Gasteiger partial charge in [0.1, 0.15) is 12.1 Å². The van der Waals surface area contributed by atoms with E-state index in [4.69, 9.17) is 9.47 Å². The van der Waals surface area contributed by atoms with Crippen LogP contribution in [-0.2, 0) is 0 Å². The summed E-state index contributed by atoms with van der Waals surface area (Å²) in [5, 5.41) is 4.41. The molecule has 1 aliphatic heterocycles. The van der Waals surface area contributed by atoms with Gasteiger partial charge in [-0.3, -0.25) is 0 Å². The largest absolute Gasteiger partial charge is 0.467 e. The molecule has 0 atom stereocenters. The molecule has 3 aromatic rings. The van der Waals surface area contributed by atoms with E-state index >= 15 is 0 Å². The lowest BCUT2D eigenvalue weighted by Gasteiger charge is -2.35. The zero-order valence-electron chi connectivity index (χ0n) is 16.0. The van der Waals surface area contributed by atoms with Gasteiger partial charge in [0.2, 0.25) is 5.95 Å². The molecule has 0 N–H and O–H groups in total. The van der Waals surface area contributed by atoms with Gasteiger partial charge >= 0.3 is 12.0 Å². The normalized spacial score (nSPS) is 14.2. The van der Waals surface area contributed by atoms with Crippen molar-refractivity contribution in [1.82, 2.24) is 34.7 Å². The van der Waals surface area contributed by atoms with Gasteiger partial charge in [0, 0.05) is 38.4 Å². The van der Waals surface area contributed by atoms with Gasteiger partial charge in [0.15, 0.2) is 5.82 Å². The van der Waals surface area contributed by atoms with Crippen LogP contribution in [0, 0.1) is 6.92 Å². The van der Waals surface area contributed by atoms with Crippen LogP contribution in [0.2, 0.25) is 0 Å². The third-order valence-electron chi connectivity index (χ3n) is 4.43. The van der Waals surface area contributed by atoms with Crippen molar-refractivity contribution in [2.75, 3.05) is 50.2 Å². The highest BCUT2D eigenvalue weighted by Crippen LogP contribution is 2.20. The van der Waals surface area contributed by atoms with Crippen molar-refractivity contribution in [3.8, 4) is 17.8 Å². The van der Waals surface area contributed by atoms with Crippen LogP contribution in [0.4, 0.5) is 11.8 Å². The summed E-state index contributed by atoms with van der Waals surface area (Å²) in [4.78, 5) is 25.7. The van der Waals surface area contributed by atoms with Gasteiger partial charge in [0.25, 0.3) is 0 Å². The van der Waals surface area contributed by atoms with Gasteiger partial charge < -0.3 is 19.3 Å². The number of aryl methyl sites for hydroxylation is 1. The molecule has 0 unspecified atom stereocenters. The van der Waals surface area contributed by atoms with Crippen LogP contribution >= 0.6 is 0 Å². The Morgan fingerprint density at radius 3 is 2.11 bits per heavy atom. The number of aromatic nitrogens is 7. The Balaban J connectivity index is 1.47. The van der Waals surface area contributed by atoms with E-state index in [-0.39, 0.29) is 12.0 Å². The second-order valence-electron chi connectivity index (χ2n) is 6.22. The Kier molecular flexibility index (Phi) is 4.87. The first-order valence-electron chi connectivity index (χ1n) is 8.85. The number of ether oxygens (including phenoxy) is 2.